The SMILES string of the molecule is Cc1nc(COc2ccccc2C(=O)N2CCC(O)(C(F)(F)F)C2)no1. The zero-order chi connectivity index (χ0) is 18.9. The fourth-order valence-corrected chi connectivity index (χ4v) is 2.68. The molecule has 0 radical (unpaired) electrons. The van der Waals surface area contributed by atoms with Crippen LogP contribution in [0, 0.1) is 6.92 Å². The fraction of sp³-hybridized carbons (Fsp3) is 0.438. The van der Waals surface area contributed by atoms with Crippen molar-refractivity contribution in [1.29, 1.82) is 0 Å². The Balaban J connectivity index is 1.74. The van der Waals surface area contributed by atoms with Gasteiger partial charge in [-0.05, 0) is 12.1 Å². The zero-order valence-corrected chi connectivity index (χ0v) is 13.8. The Morgan fingerprint density at radius 1 is 1.42 bits per heavy atom. The first-order valence-electron chi connectivity index (χ1n) is 7.79. The van der Waals surface area contributed by atoms with Crippen LogP contribution < -0.4 is 4.74 Å². The van der Waals surface area contributed by atoms with E-state index in [0.717, 1.165) is 4.90 Å². The van der Waals surface area contributed by atoms with Gasteiger partial charge in [0.05, 0.1) is 12.1 Å². The minimum Gasteiger partial charge on any atom is -0.485 e. The molecule has 0 spiro atoms. The Morgan fingerprint density at radius 2 is 2.15 bits per heavy atom. The molecular formula is C16H16F3N3O4. The van der Waals surface area contributed by atoms with Crippen molar-refractivity contribution in [3.05, 3.63) is 41.5 Å². The first-order chi connectivity index (χ1) is 12.2. The number of halogens is 3. The third kappa shape index (κ3) is 3.50. The largest absolute Gasteiger partial charge is 0.485 e. The summed E-state index contributed by atoms with van der Waals surface area (Å²) in [6.45, 7) is 0.540. The number of ether oxygens (including phenoxy) is 1. The van der Waals surface area contributed by atoms with Crippen LogP contribution in [0.5, 0.6) is 5.75 Å². The van der Waals surface area contributed by atoms with Crippen LogP contribution in [0.4, 0.5) is 13.2 Å². The van der Waals surface area contributed by atoms with Crippen molar-refractivity contribution < 1.29 is 32.3 Å². The normalized spacial score (nSPS) is 20.4. The van der Waals surface area contributed by atoms with Crippen molar-refractivity contribution in [2.45, 2.75) is 31.7 Å². The monoisotopic (exact) mass is 371 g/mol. The molecular weight excluding hydrogens is 355 g/mol. The van der Waals surface area contributed by atoms with Gasteiger partial charge in [-0.1, -0.05) is 17.3 Å². The van der Waals surface area contributed by atoms with E-state index in [0.29, 0.717) is 5.89 Å². The molecule has 3 rings (SSSR count). The van der Waals surface area contributed by atoms with Crippen LogP contribution in [0.3, 0.4) is 0 Å². The van der Waals surface area contributed by atoms with Crippen LogP contribution in [0.15, 0.2) is 28.8 Å². The van der Waals surface area contributed by atoms with E-state index in [1.807, 2.05) is 0 Å². The molecule has 0 aliphatic carbocycles. The molecule has 1 saturated heterocycles. The summed E-state index contributed by atoms with van der Waals surface area (Å²) >= 11 is 0. The summed E-state index contributed by atoms with van der Waals surface area (Å²) in [5, 5.41) is 13.4. The highest BCUT2D eigenvalue weighted by atomic mass is 19.4. The Labute approximate surface area is 146 Å². The second kappa shape index (κ2) is 6.60. The van der Waals surface area contributed by atoms with Crippen molar-refractivity contribution in [3.63, 3.8) is 0 Å². The summed E-state index contributed by atoms with van der Waals surface area (Å²) in [4.78, 5) is 17.5. The predicted octanol–water partition coefficient (Wildman–Crippen LogP) is 2.10. The van der Waals surface area contributed by atoms with Crippen molar-refractivity contribution in [2.75, 3.05) is 13.1 Å². The maximum absolute atomic E-state index is 12.9. The van der Waals surface area contributed by atoms with E-state index in [2.05, 4.69) is 10.1 Å². The molecule has 10 heteroatoms. The lowest BCUT2D eigenvalue weighted by molar-refractivity contribution is -0.253. The highest BCUT2D eigenvalue weighted by Crippen LogP contribution is 2.38. The Morgan fingerprint density at radius 3 is 2.77 bits per heavy atom. The van der Waals surface area contributed by atoms with Gasteiger partial charge in [-0.3, -0.25) is 4.79 Å². The topological polar surface area (TPSA) is 88.7 Å². The standard InChI is InChI=1S/C16H16F3N3O4/c1-10-20-13(21-26-10)8-25-12-5-3-2-4-11(12)14(23)22-7-6-15(24,9-22)16(17,18)19/h2-5,24H,6-9H2,1H3. The minimum atomic E-state index is -4.80. The number of alkyl halides is 3. The molecule has 1 aromatic carbocycles. The summed E-state index contributed by atoms with van der Waals surface area (Å²) < 4.78 is 49.2. The molecule has 2 heterocycles. The number of para-hydroxylation sites is 1. The van der Waals surface area contributed by atoms with Gasteiger partial charge in [0.25, 0.3) is 5.91 Å². The van der Waals surface area contributed by atoms with E-state index < -0.39 is 30.7 Å². The molecule has 1 aromatic heterocycles. The number of likely N-dealkylation sites (tertiary alicyclic amines) is 1. The second-order valence-electron chi connectivity index (χ2n) is 6.02. The Kier molecular flexibility index (Phi) is 4.61. The number of aromatic nitrogens is 2. The molecule has 2 aromatic rings. The van der Waals surface area contributed by atoms with Crippen molar-refractivity contribution in [3.8, 4) is 5.75 Å². The van der Waals surface area contributed by atoms with Crippen LogP contribution in [0.1, 0.15) is 28.5 Å². The van der Waals surface area contributed by atoms with Crippen LogP contribution >= 0.6 is 0 Å². The first kappa shape index (κ1) is 18.2. The maximum atomic E-state index is 12.9. The predicted molar refractivity (Wildman–Crippen MR) is 81.3 cm³/mol. The van der Waals surface area contributed by atoms with Crippen LogP contribution in [-0.4, -0.2) is 50.9 Å². The molecule has 1 N–H and O–H groups in total. The van der Waals surface area contributed by atoms with Gasteiger partial charge in [-0.15, -0.1) is 0 Å². The molecule has 7 nitrogen and oxygen atoms in total. The quantitative estimate of drug-likeness (QED) is 0.886. The fourth-order valence-electron chi connectivity index (χ4n) is 2.68. The van der Waals surface area contributed by atoms with Gasteiger partial charge in [-0.25, -0.2) is 0 Å². The second-order valence-corrected chi connectivity index (χ2v) is 6.02. The van der Waals surface area contributed by atoms with Gasteiger partial charge in [0.1, 0.15) is 5.75 Å². The first-order valence-corrected chi connectivity index (χ1v) is 7.79. The Hall–Kier alpha value is -2.62. The van der Waals surface area contributed by atoms with E-state index in [4.69, 9.17) is 9.26 Å². The molecule has 140 valence electrons. The number of aliphatic hydroxyl groups is 1. The average molecular weight is 371 g/mol. The van der Waals surface area contributed by atoms with Gasteiger partial charge in [0.15, 0.2) is 12.2 Å². The van der Waals surface area contributed by atoms with E-state index >= 15 is 0 Å². The summed E-state index contributed by atoms with van der Waals surface area (Å²) in [6.07, 6.45) is -5.36. The number of nitrogens with zero attached hydrogens (tertiary/aromatic N) is 3. The minimum absolute atomic E-state index is 0.0614. The maximum Gasteiger partial charge on any atom is 0.419 e. The van der Waals surface area contributed by atoms with E-state index in [9.17, 15) is 23.1 Å². The lowest BCUT2D eigenvalue weighted by Gasteiger charge is -2.26. The molecule has 0 saturated carbocycles. The molecule has 1 atom stereocenters. The highest BCUT2D eigenvalue weighted by Gasteiger charge is 2.57. The van der Waals surface area contributed by atoms with Gasteiger partial charge in [0.2, 0.25) is 11.7 Å². The van der Waals surface area contributed by atoms with E-state index in [1.54, 1.807) is 19.1 Å². The number of carbonyl (C=O) groups is 1. The third-order valence-electron chi connectivity index (χ3n) is 4.11. The molecule has 1 fully saturated rings. The lowest BCUT2D eigenvalue weighted by atomic mass is 10.0. The number of aryl methyl sites for hydroxylation is 1. The smallest absolute Gasteiger partial charge is 0.419 e. The van der Waals surface area contributed by atoms with Gasteiger partial charge in [0, 0.05) is 19.9 Å². The van der Waals surface area contributed by atoms with Gasteiger partial charge in [-0.2, -0.15) is 18.2 Å². The van der Waals surface area contributed by atoms with Crippen LogP contribution in [0.25, 0.3) is 0 Å². The number of hydrogen-bond donors (Lipinski definition) is 1. The number of β-amino-alcohol motifs (C(OH)–C–C–N with tert-alkyl or cyclic N) is 1. The van der Waals surface area contributed by atoms with Crippen LogP contribution in [0.2, 0.25) is 0 Å². The summed E-state index contributed by atoms with van der Waals surface area (Å²) in [5.74, 6) is 0.168. The van der Waals surface area contributed by atoms with E-state index in [1.165, 1.54) is 12.1 Å². The lowest BCUT2D eigenvalue weighted by Crippen LogP contribution is -2.48. The third-order valence-corrected chi connectivity index (χ3v) is 4.11. The summed E-state index contributed by atoms with van der Waals surface area (Å²) in [6, 6.07) is 6.17. The highest BCUT2D eigenvalue weighted by molar-refractivity contribution is 5.97. The summed E-state index contributed by atoms with van der Waals surface area (Å²) in [5.41, 5.74) is -2.79. The number of amides is 1. The number of carbonyl (C=O) groups excluding carboxylic acids is 1. The number of rotatable bonds is 4. The molecule has 1 aliphatic rings. The van der Waals surface area contributed by atoms with Crippen molar-refractivity contribution in [2.24, 2.45) is 0 Å². The van der Waals surface area contributed by atoms with Crippen LogP contribution in [-0.2, 0) is 6.61 Å². The molecule has 0 bridgehead atoms. The molecule has 1 aliphatic heterocycles. The van der Waals surface area contributed by atoms with Crippen molar-refractivity contribution >= 4 is 5.91 Å². The summed E-state index contributed by atoms with van der Waals surface area (Å²) in [7, 11) is 0. The molecule has 26 heavy (non-hydrogen) atoms. The van der Waals surface area contributed by atoms with Crippen molar-refractivity contribution in [1.82, 2.24) is 15.0 Å². The molecule has 1 unspecified atom stereocenters. The Bertz CT molecular complexity index is 808. The van der Waals surface area contributed by atoms with E-state index in [-0.39, 0.29) is 30.3 Å². The van der Waals surface area contributed by atoms with Gasteiger partial charge >= 0.3 is 6.18 Å². The zero-order valence-electron chi connectivity index (χ0n) is 13.8. The average Bonchev–Trinajstić information content (AvgIpc) is 3.19. The molecule has 1 amide bonds. The number of hydrogen-bond acceptors (Lipinski definition) is 6. The number of benzene rings is 1. The van der Waals surface area contributed by atoms with Gasteiger partial charge < -0.3 is 19.3 Å².